The van der Waals surface area contributed by atoms with Crippen LogP contribution < -0.4 is 0 Å². The van der Waals surface area contributed by atoms with E-state index in [4.69, 9.17) is 0 Å². The van der Waals surface area contributed by atoms with Crippen LogP contribution >= 0.6 is 0 Å². The van der Waals surface area contributed by atoms with E-state index in [1.807, 2.05) is 18.2 Å². The van der Waals surface area contributed by atoms with E-state index in [1.54, 1.807) is 18.3 Å². The molecule has 0 saturated carbocycles. The summed E-state index contributed by atoms with van der Waals surface area (Å²) in [6.45, 7) is 4.85. The molecule has 2 heterocycles. The average molecular weight is 336 g/mol. The molecule has 0 aliphatic rings. The van der Waals surface area contributed by atoms with E-state index >= 15 is 0 Å². The Morgan fingerprint density at radius 3 is 2.52 bits per heavy atom. The van der Waals surface area contributed by atoms with Gasteiger partial charge in [-0.2, -0.15) is 0 Å². The van der Waals surface area contributed by atoms with Crippen LogP contribution in [0.15, 0.2) is 54.7 Å². The number of aromatic nitrogens is 2. The first-order chi connectivity index (χ1) is 12.1. The number of hydrogen-bond donors (Lipinski definition) is 0. The topological polar surface area (TPSA) is 34.9 Å². The van der Waals surface area contributed by atoms with Crippen molar-refractivity contribution in [3.8, 4) is 22.5 Å². The number of hydrogen-bond acceptors (Lipinski definition) is 2. The summed E-state index contributed by atoms with van der Waals surface area (Å²) in [4.78, 5) is 15.4. The summed E-state index contributed by atoms with van der Waals surface area (Å²) >= 11 is 0. The van der Waals surface area contributed by atoms with Gasteiger partial charge in [0.05, 0.1) is 11.4 Å². The van der Waals surface area contributed by atoms with Gasteiger partial charge in [0.2, 0.25) is 0 Å². The predicted molar refractivity (Wildman–Crippen MR) is 97.8 cm³/mol. The van der Waals surface area contributed by atoms with E-state index in [2.05, 4.69) is 29.5 Å². The van der Waals surface area contributed by atoms with Crippen LogP contribution in [-0.4, -0.2) is 15.8 Å². The largest absolute Gasteiger partial charge is 0.343 e. The van der Waals surface area contributed by atoms with Gasteiger partial charge in [-0.05, 0) is 53.9 Å². The highest BCUT2D eigenvalue weighted by Gasteiger charge is 2.20. The van der Waals surface area contributed by atoms with Crippen LogP contribution in [0.3, 0.4) is 0 Å². The fourth-order valence-electron chi connectivity index (χ4n) is 3.11. The van der Waals surface area contributed by atoms with Gasteiger partial charge in [-0.25, -0.2) is 4.39 Å². The zero-order valence-corrected chi connectivity index (χ0v) is 14.4. The quantitative estimate of drug-likeness (QED) is 0.589. The van der Waals surface area contributed by atoms with Crippen LogP contribution in [0.25, 0.3) is 22.5 Å². The molecule has 0 bridgehead atoms. The van der Waals surface area contributed by atoms with Crippen molar-refractivity contribution in [3.63, 3.8) is 0 Å². The van der Waals surface area contributed by atoms with Crippen molar-refractivity contribution in [2.75, 3.05) is 0 Å². The molecular weight excluding hydrogens is 315 g/mol. The van der Waals surface area contributed by atoms with Gasteiger partial charge < -0.3 is 9.36 Å². The average Bonchev–Trinajstić information content (AvgIpc) is 3.01. The summed E-state index contributed by atoms with van der Waals surface area (Å²) in [5.41, 5.74) is 4.90. The summed E-state index contributed by atoms with van der Waals surface area (Å²) in [5.74, 6) is 0.0292. The fourth-order valence-corrected chi connectivity index (χ4v) is 3.11. The molecule has 4 heteroatoms. The zero-order chi connectivity index (χ0) is 17.8. The van der Waals surface area contributed by atoms with Crippen LogP contribution in [0, 0.1) is 5.82 Å². The van der Waals surface area contributed by atoms with Crippen molar-refractivity contribution in [2.45, 2.75) is 32.7 Å². The number of pyridine rings is 1. The molecule has 0 aliphatic carbocycles. The van der Waals surface area contributed by atoms with Crippen LogP contribution in [0.2, 0.25) is 0 Å². The Labute approximate surface area is 147 Å². The van der Waals surface area contributed by atoms with Crippen molar-refractivity contribution in [2.24, 2.45) is 0 Å². The first-order valence-corrected chi connectivity index (χ1v) is 8.46. The van der Waals surface area contributed by atoms with Crippen molar-refractivity contribution < 1.29 is 9.18 Å². The molecular formula is C21H21FN2O. The van der Waals surface area contributed by atoms with Crippen LogP contribution in [0.4, 0.5) is 4.39 Å². The molecule has 0 aliphatic heterocycles. The van der Waals surface area contributed by atoms with E-state index in [0.717, 1.165) is 34.5 Å². The molecule has 0 saturated heterocycles. The molecule has 0 fully saturated rings. The molecule has 3 nitrogen and oxygen atoms in total. The van der Waals surface area contributed by atoms with Gasteiger partial charge >= 0.3 is 0 Å². The molecule has 0 unspecified atom stereocenters. The third-order valence-electron chi connectivity index (χ3n) is 4.25. The monoisotopic (exact) mass is 336 g/mol. The highest BCUT2D eigenvalue weighted by molar-refractivity contribution is 5.81. The second-order valence-corrected chi connectivity index (χ2v) is 6.32. The number of carbonyl (C=O) groups excluding carboxylic acids is 1. The van der Waals surface area contributed by atoms with Crippen LogP contribution in [0.1, 0.15) is 31.9 Å². The summed E-state index contributed by atoms with van der Waals surface area (Å²) in [7, 11) is 0. The van der Waals surface area contributed by atoms with Crippen LogP contribution in [-0.2, 0) is 11.3 Å². The minimum absolute atomic E-state index is 0.266. The maximum Gasteiger partial charge on any atom is 0.123 e. The Kier molecular flexibility index (Phi) is 5.08. The van der Waals surface area contributed by atoms with Crippen molar-refractivity contribution >= 4 is 6.29 Å². The standard InChI is InChI=1S/C21H21FN2O/c1-15(2)20-14-18(19-6-3-4-11-23-19)21(24(20)12-5-13-25)16-7-9-17(22)10-8-16/h3-4,6-11,13-15H,5,12H2,1-2H3. The molecule has 1 aromatic carbocycles. The Morgan fingerprint density at radius 1 is 1.16 bits per heavy atom. The number of aldehydes is 1. The van der Waals surface area contributed by atoms with E-state index in [1.165, 1.54) is 12.1 Å². The SMILES string of the molecule is CC(C)c1cc(-c2ccccn2)c(-c2ccc(F)cc2)n1CCC=O. The van der Waals surface area contributed by atoms with Gasteiger partial charge in [-0.15, -0.1) is 0 Å². The Balaban J connectivity index is 2.26. The normalized spacial score (nSPS) is 11.0. The molecule has 3 aromatic rings. The van der Waals surface area contributed by atoms with Crippen LogP contribution in [0.5, 0.6) is 0 Å². The minimum atomic E-state index is -0.266. The number of nitrogens with zero attached hydrogens (tertiary/aromatic N) is 2. The number of carbonyl (C=O) groups is 1. The lowest BCUT2D eigenvalue weighted by Gasteiger charge is -2.15. The van der Waals surface area contributed by atoms with Gasteiger partial charge in [-0.3, -0.25) is 4.98 Å². The summed E-state index contributed by atoms with van der Waals surface area (Å²) in [5, 5.41) is 0. The lowest BCUT2D eigenvalue weighted by Crippen LogP contribution is -2.07. The predicted octanol–water partition coefficient (Wildman–Crippen LogP) is 5.07. The summed E-state index contributed by atoms with van der Waals surface area (Å²) in [6.07, 6.45) is 3.13. The first-order valence-electron chi connectivity index (χ1n) is 8.46. The van der Waals surface area contributed by atoms with Gasteiger partial charge in [0, 0.05) is 30.4 Å². The van der Waals surface area contributed by atoms with E-state index in [9.17, 15) is 9.18 Å². The second-order valence-electron chi connectivity index (χ2n) is 6.32. The molecule has 3 rings (SSSR count). The molecule has 2 aromatic heterocycles. The maximum absolute atomic E-state index is 13.4. The first kappa shape index (κ1) is 17.1. The molecule has 0 N–H and O–H groups in total. The lowest BCUT2D eigenvalue weighted by molar-refractivity contribution is -0.108. The van der Waals surface area contributed by atoms with E-state index in [0.29, 0.717) is 18.9 Å². The van der Waals surface area contributed by atoms with E-state index < -0.39 is 0 Å². The Hall–Kier alpha value is -2.75. The molecule has 0 radical (unpaired) electrons. The Morgan fingerprint density at radius 2 is 1.92 bits per heavy atom. The number of benzene rings is 1. The highest BCUT2D eigenvalue weighted by Crippen LogP contribution is 2.37. The number of halogens is 1. The molecule has 0 amide bonds. The molecule has 0 atom stereocenters. The highest BCUT2D eigenvalue weighted by atomic mass is 19.1. The molecule has 128 valence electrons. The van der Waals surface area contributed by atoms with Crippen molar-refractivity contribution in [1.82, 2.24) is 9.55 Å². The Bertz CT molecular complexity index is 852. The van der Waals surface area contributed by atoms with Crippen molar-refractivity contribution in [1.29, 1.82) is 0 Å². The third-order valence-corrected chi connectivity index (χ3v) is 4.25. The smallest absolute Gasteiger partial charge is 0.123 e. The van der Waals surface area contributed by atoms with E-state index in [-0.39, 0.29) is 5.82 Å². The van der Waals surface area contributed by atoms with Gasteiger partial charge in [-0.1, -0.05) is 19.9 Å². The zero-order valence-electron chi connectivity index (χ0n) is 14.4. The molecule has 0 spiro atoms. The number of rotatable bonds is 6. The summed E-state index contributed by atoms with van der Waals surface area (Å²) < 4.78 is 15.6. The molecule has 25 heavy (non-hydrogen) atoms. The minimum Gasteiger partial charge on any atom is -0.343 e. The second kappa shape index (κ2) is 7.43. The summed E-state index contributed by atoms with van der Waals surface area (Å²) in [6, 6.07) is 14.4. The fraction of sp³-hybridized carbons (Fsp3) is 0.238. The third kappa shape index (κ3) is 3.53. The van der Waals surface area contributed by atoms with Gasteiger partial charge in [0.1, 0.15) is 12.1 Å². The van der Waals surface area contributed by atoms with Crippen molar-refractivity contribution in [3.05, 3.63) is 66.2 Å². The van der Waals surface area contributed by atoms with Gasteiger partial charge in [0.25, 0.3) is 0 Å². The lowest BCUT2D eigenvalue weighted by atomic mass is 10.0. The van der Waals surface area contributed by atoms with Gasteiger partial charge in [0.15, 0.2) is 0 Å². The maximum atomic E-state index is 13.4.